The third kappa shape index (κ3) is 5.38. The molecule has 1 N–H and O–H groups in total. The second kappa shape index (κ2) is 11.3. The van der Waals surface area contributed by atoms with Crippen LogP contribution in [0.15, 0.2) is 64.8 Å². The molecular formula is C29H30FNO6. The van der Waals surface area contributed by atoms with Gasteiger partial charge in [-0.15, -0.1) is 0 Å². The summed E-state index contributed by atoms with van der Waals surface area (Å²) < 4.78 is 31.2. The Morgan fingerprint density at radius 3 is 2.59 bits per heavy atom. The van der Waals surface area contributed by atoms with Gasteiger partial charge in [0.25, 0.3) is 11.7 Å². The van der Waals surface area contributed by atoms with Gasteiger partial charge in [0.1, 0.15) is 17.3 Å². The molecule has 8 heteroatoms. The van der Waals surface area contributed by atoms with E-state index in [0.717, 1.165) is 25.3 Å². The third-order valence-corrected chi connectivity index (χ3v) is 6.40. The summed E-state index contributed by atoms with van der Waals surface area (Å²) >= 11 is 0. The molecule has 3 aromatic rings. The van der Waals surface area contributed by atoms with Gasteiger partial charge in [-0.05, 0) is 54.8 Å². The number of rotatable bonds is 10. The summed E-state index contributed by atoms with van der Waals surface area (Å²) in [5.41, 5.74) is 0.883. The Morgan fingerprint density at radius 1 is 1.11 bits per heavy atom. The van der Waals surface area contributed by atoms with Crippen molar-refractivity contribution in [3.8, 4) is 11.5 Å². The molecular weight excluding hydrogens is 477 g/mol. The maximum Gasteiger partial charge on any atom is 0.296 e. The quantitative estimate of drug-likeness (QED) is 0.158. The number of benzene rings is 2. The van der Waals surface area contributed by atoms with E-state index in [1.807, 2.05) is 0 Å². The Hall–Kier alpha value is -4.07. The normalized spacial score (nSPS) is 16.9. The zero-order valence-corrected chi connectivity index (χ0v) is 21.1. The van der Waals surface area contributed by atoms with Crippen LogP contribution in [0.1, 0.15) is 54.7 Å². The second-order valence-corrected chi connectivity index (χ2v) is 8.94. The molecule has 2 aromatic carbocycles. The van der Waals surface area contributed by atoms with E-state index in [2.05, 4.69) is 6.92 Å². The molecule has 37 heavy (non-hydrogen) atoms. The lowest BCUT2D eigenvalue weighted by Crippen LogP contribution is -2.29. The van der Waals surface area contributed by atoms with Crippen LogP contribution in [-0.2, 0) is 16.1 Å². The van der Waals surface area contributed by atoms with Gasteiger partial charge in [-0.25, -0.2) is 4.39 Å². The summed E-state index contributed by atoms with van der Waals surface area (Å²) in [7, 11) is 1.51. The van der Waals surface area contributed by atoms with E-state index in [0.29, 0.717) is 35.0 Å². The van der Waals surface area contributed by atoms with Crippen LogP contribution >= 0.6 is 0 Å². The summed E-state index contributed by atoms with van der Waals surface area (Å²) in [5.74, 6) is -1.22. The maximum atomic E-state index is 14.3. The van der Waals surface area contributed by atoms with Crippen molar-refractivity contribution in [3.63, 3.8) is 0 Å². The van der Waals surface area contributed by atoms with Gasteiger partial charge in [0.05, 0.1) is 38.1 Å². The predicted octanol–water partition coefficient (Wildman–Crippen LogP) is 5.93. The summed E-state index contributed by atoms with van der Waals surface area (Å²) in [6, 6.07) is 11.7. The zero-order chi connectivity index (χ0) is 26.5. The first-order valence-electron chi connectivity index (χ1n) is 12.2. The number of halogens is 1. The van der Waals surface area contributed by atoms with E-state index in [4.69, 9.17) is 13.9 Å². The SMILES string of the molecule is CCCCCOc1ccc(C2/C(=C(/O)c3ccc(C)c(F)c3)C(=O)C(=O)N2Cc2ccco2)cc1OC. The molecule has 1 fully saturated rings. The number of hydrogen-bond donors (Lipinski definition) is 1. The number of Topliss-reactive ketones (excluding diaryl/α,β-unsaturated/α-hetero) is 1. The molecule has 4 rings (SSSR count). The van der Waals surface area contributed by atoms with Gasteiger partial charge in [-0.1, -0.05) is 38.0 Å². The Balaban J connectivity index is 1.80. The molecule has 0 spiro atoms. The van der Waals surface area contributed by atoms with Crippen LogP contribution < -0.4 is 9.47 Å². The van der Waals surface area contributed by atoms with Crippen molar-refractivity contribution in [2.45, 2.75) is 45.7 Å². The maximum absolute atomic E-state index is 14.3. The summed E-state index contributed by atoms with van der Waals surface area (Å²) in [5, 5.41) is 11.2. The number of aryl methyl sites for hydroxylation is 1. The fourth-order valence-corrected chi connectivity index (χ4v) is 4.36. The number of carbonyl (C=O) groups is 2. The molecule has 0 aliphatic carbocycles. The van der Waals surface area contributed by atoms with Gasteiger partial charge in [0.2, 0.25) is 0 Å². The smallest absolute Gasteiger partial charge is 0.296 e. The standard InChI is InChI=1S/C29H30FNO6/c1-4-5-6-13-37-23-12-11-19(16-24(23)35-3)26-25(27(32)20-10-9-18(2)22(30)15-20)28(33)29(34)31(26)17-21-8-7-14-36-21/h7-12,14-16,26,32H,4-6,13,17H2,1-3H3/b27-25-. The number of aliphatic hydroxyl groups is 1. The van der Waals surface area contributed by atoms with Crippen LogP contribution in [0, 0.1) is 12.7 Å². The van der Waals surface area contributed by atoms with E-state index < -0.39 is 29.3 Å². The number of aliphatic hydroxyl groups excluding tert-OH is 1. The summed E-state index contributed by atoms with van der Waals surface area (Å²) in [6.07, 6.45) is 4.49. The third-order valence-electron chi connectivity index (χ3n) is 6.40. The predicted molar refractivity (Wildman–Crippen MR) is 136 cm³/mol. The first kappa shape index (κ1) is 26.0. The molecule has 0 radical (unpaired) electrons. The number of nitrogens with zero attached hydrogens (tertiary/aromatic N) is 1. The van der Waals surface area contributed by atoms with Crippen LogP contribution in [0.3, 0.4) is 0 Å². The molecule has 1 atom stereocenters. The van der Waals surface area contributed by atoms with E-state index in [1.54, 1.807) is 37.3 Å². The highest BCUT2D eigenvalue weighted by molar-refractivity contribution is 6.46. The number of furan rings is 1. The molecule has 0 bridgehead atoms. The molecule has 7 nitrogen and oxygen atoms in total. The average Bonchev–Trinajstić information content (AvgIpc) is 3.50. The highest BCUT2D eigenvalue weighted by Crippen LogP contribution is 2.42. The van der Waals surface area contributed by atoms with E-state index in [-0.39, 0.29) is 17.7 Å². The van der Waals surface area contributed by atoms with Crippen LogP contribution in [0.2, 0.25) is 0 Å². The second-order valence-electron chi connectivity index (χ2n) is 8.94. The number of ether oxygens (including phenoxy) is 2. The molecule has 1 saturated heterocycles. The fourth-order valence-electron chi connectivity index (χ4n) is 4.36. The minimum absolute atomic E-state index is 0.00113. The van der Waals surface area contributed by atoms with E-state index in [9.17, 15) is 19.1 Å². The molecule has 194 valence electrons. The van der Waals surface area contributed by atoms with Crippen molar-refractivity contribution in [2.75, 3.05) is 13.7 Å². The van der Waals surface area contributed by atoms with Crippen molar-refractivity contribution < 1.29 is 33.0 Å². The van der Waals surface area contributed by atoms with Crippen LogP contribution in [0.4, 0.5) is 4.39 Å². The number of amides is 1. The first-order chi connectivity index (χ1) is 17.8. The van der Waals surface area contributed by atoms with Crippen molar-refractivity contribution in [1.29, 1.82) is 0 Å². The monoisotopic (exact) mass is 507 g/mol. The van der Waals surface area contributed by atoms with Crippen molar-refractivity contribution in [3.05, 3.63) is 88.6 Å². The lowest BCUT2D eigenvalue weighted by molar-refractivity contribution is -0.140. The largest absolute Gasteiger partial charge is 0.507 e. The van der Waals surface area contributed by atoms with Gasteiger partial charge in [-0.2, -0.15) is 0 Å². The molecule has 1 unspecified atom stereocenters. The van der Waals surface area contributed by atoms with E-state index >= 15 is 0 Å². The van der Waals surface area contributed by atoms with Gasteiger partial charge in [0.15, 0.2) is 11.5 Å². The number of likely N-dealkylation sites (tertiary alicyclic amines) is 1. The summed E-state index contributed by atoms with van der Waals surface area (Å²) in [6.45, 7) is 4.23. The van der Waals surface area contributed by atoms with Crippen molar-refractivity contribution in [2.24, 2.45) is 0 Å². The van der Waals surface area contributed by atoms with Gasteiger partial charge >= 0.3 is 0 Å². The molecule has 1 amide bonds. The molecule has 1 aliphatic rings. The number of ketones is 1. The highest BCUT2D eigenvalue weighted by atomic mass is 19.1. The highest BCUT2D eigenvalue weighted by Gasteiger charge is 2.46. The van der Waals surface area contributed by atoms with Gasteiger partial charge < -0.3 is 23.9 Å². The Labute approximate surface area is 215 Å². The molecule has 0 saturated carbocycles. The van der Waals surface area contributed by atoms with E-state index in [1.165, 1.54) is 30.4 Å². The average molecular weight is 508 g/mol. The summed E-state index contributed by atoms with van der Waals surface area (Å²) in [4.78, 5) is 27.7. The lowest BCUT2D eigenvalue weighted by atomic mass is 9.94. The zero-order valence-electron chi connectivity index (χ0n) is 21.1. The molecule has 1 aromatic heterocycles. The lowest BCUT2D eigenvalue weighted by Gasteiger charge is -2.25. The van der Waals surface area contributed by atoms with Crippen LogP contribution in [-0.4, -0.2) is 35.4 Å². The molecule has 2 heterocycles. The number of carbonyl (C=O) groups excluding carboxylic acids is 2. The minimum Gasteiger partial charge on any atom is -0.507 e. The number of unbranched alkanes of at least 4 members (excludes halogenated alkanes) is 2. The van der Waals surface area contributed by atoms with Crippen LogP contribution in [0.25, 0.3) is 5.76 Å². The van der Waals surface area contributed by atoms with Gasteiger partial charge in [0, 0.05) is 5.56 Å². The van der Waals surface area contributed by atoms with Crippen molar-refractivity contribution in [1.82, 2.24) is 4.90 Å². The minimum atomic E-state index is -0.961. The van der Waals surface area contributed by atoms with Crippen molar-refractivity contribution >= 4 is 17.4 Å². The van der Waals surface area contributed by atoms with Gasteiger partial charge in [-0.3, -0.25) is 9.59 Å². The Morgan fingerprint density at radius 2 is 1.92 bits per heavy atom. The van der Waals surface area contributed by atoms with Crippen LogP contribution in [0.5, 0.6) is 11.5 Å². The molecule has 1 aliphatic heterocycles. The Kier molecular flexibility index (Phi) is 7.96. The first-order valence-corrected chi connectivity index (χ1v) is 12.2. The topological polar surface area (TPSA) is 89.2 Å². The number of methoxy groups -OCH3 is 1. The fraction of sp³-hybridized carbons (Fsp3) is 0.310. The number of hydrogen-bond acceptors (Lipinski definition) is 6. The Bertz CT molecular complexity index is 1310.